The van der Waals surface area contributed by atoms with Crippen molar-refractivity contribution in [2.24, 2.45) is 5.92 Å². The van der Waals surface area contributed by atoms with Crippen molar-refractivity contribution in [3.05, 3.63) is 28.8 Å². The van der Waals surface area contributed by atoms with E-state index in [0.717, 1.165) is 12.5 Å². The predicted octanol–water partition coefficient (Wildman–Crippen LogP) is 4.94. The lowest BCUT2D eigenvalue weighted by Gasteiger charge is -2.39. The Balaban J connectivity index is 1.56. The summed E-state index contributed by atoms with van der Waals surface area (Å²) in [4.78, 5) is 7.58. The largest absolute Gasteiger partial charge is 0.310 e. The van der Waals surface area contributed by atoms with E-state index >= 15 is 0 Å². The third kappa shape index (κ3) is 3.49. The molecule has 25 heavy (non-hydrogen) atoms. The molecule has 0 radical (unpaired) electrons. The molecule has 3 heterocycles. The van der Waals surface area contributed by atoms with E-state index in [1.54, 1.807) is 0 Å². The lowest BCUT2D eigenvalue weighted by atomic mass is 9.88. The minimum Gasteiger partial charge on any atom is -0.310 e. The quantitative estimate of drug-likeness (QED) is 0.825. The van der Waals surface area contributed by atoms with E-state index in [4.69, 9.17) is 4.98 Å². The van der Waals surface area contributed by atoms with Crippen LogP contribution in [0.2, 0.25) is 0 Å². The Kier molecular flexibility index (Phi) is 4.87. The van der Waals surface area contributed by atoms with E-state index in [1.807, 2.05) is 11.3 Å². The second kappa shape index (κ2) is 6.98. The first-order valence-electron chi connectivity index (χ1n) is 9.87. The zero-order valence-corrected chi connectivity index (χ0v) is 16.8. The molecule has 3 nitrogen and oxygen atoms in total. The van der Waals surface area contributed by atoms with Crippen molar-refractivity contribution in [2.75, 3.05) is 13.6 Å². The summed E-state index contributed by atoms with van der Waals surface area (Å²) < 4.78 is 1.35. The van der Waals surface area contributed by atoms with E-state index in [9.17, 15) is 0 Å². The third-order valence-electron chi connectivity index (χ3n) is 6.48. The Morgan fingerprint density at radius 2 is 1.88 bits per heavy atom. The number of likely N-dealkylation sites (tertiary alicyclic amines) is 1. The molecule has 0 aliphatic carbocycles. The van der Waals surface area contributed by atoms with Gasteiger partial charge in [-0.2, -0.15) is 0 Å². The van der Waals surface area contributed by atoms with E-state index in [-0.39, 0.29) is 0 Å². The molecule has 2 saturated heterocycles. The summed E-state index contributed by atoms with van der Waals surface area (Å²) in [6.07, 6.45) is 5.03. The number of thiazole rings is 1. The lowest BCUT2D eigenvalue weighted by molar-refractivity contribution is 0.122. The van der Waals surface area contributed by atoms with Crippen molar-refractivity contribution in [1.29, 1.82) is 0 Å². The molecular formula is C21H31N3S. The van der Waals surface area contributed by atoms with Crippen LogP contribution < -0.4 is 5.32 Å². The molecule has 1 aromatic heterocycles. The van der Waals surface area contributed by atoms with Crippen LogP contribution in [-0.4, -0.2) is 35.6 Å². The van der Waals surface area contributed by atoms with Crippen molar-refractivity contribution >= 4 is 21.6 Å². The molecule has 136 valence electrons. The zero-order chi connectivity index (χ0) is 17.6. The zero-order valence-electron chi connectivity index (χ0n) is 16.0. The number of benzene rings is 1. The number of nitrogens with zero attached hydrogens (tertiary/aromatic N) is 2. The van der Waals surface area contributed by atoms with Gasteiger partial charge in [-0.3, -0.25) is 0 Å². The predicted molar refractivity (Wildman–Crippen MR) is 107 cm³/mol. The summed E-state index contributed by atoms with van der Waals surface area (Å²) >= 11 is 1.91. The molecule has 2 aliphatic rings. The van der Waals surface area contributed by atoms with Gasteiger partial charge in [0.05, 0.1) is 15.2 Å². The highest BCUT2D eigenvalue weighted by Crippen LogP contribution is 2.38. The van der Waals surface area contributed by atoms with Gasteiger partial charge >= 0.3 is 0 Å². The highest BCUT2D eigenvalue weighted by atomic mass is 32.1. The van der Waals surface area contributed by atoms with Crippen molar-refractivity contribution in [3.8, 4) is 0 Å². The van der Waals surface area contributed by atoms with E-state index in [2.05, 4.69) is 56.2 Å². The third-order valence-corrected chi connectivity index (χ3v) is 7.68. The fourth-order valence-electron chi connectivity index (χ4n) is 4.53. The van der Waals surface area contributed by atoms with E-state index in [0.29, 0.717) is 24.0 Å². The number of hydrogen-bond acceptors (Lipinski definition) is 4. The molecule has 1 unspecified atom stereocenters. The van der Waals surface area contributed by atoms with E-state index in [1.165, 1.54) is 46.5 Å². The number of rotatable bonds is 2. The topological polar surface area (TPSA) is 28.2 Å². The highest BCUT2D eigenvalue weighted by Gasteiger charge is 2.31. The fourth-order valence-corrected chi connectivity index (χ4v) is 5.60. The molecule has 5 atom stereocenters. The standard InChI is InChI=1S/C21H31N3S/c1-13-5-7-18(22-12-13)16-6-8-20-19(11-16)23-21(25-20)17-9-14(2)24(4)15(3)10-17/h6,8,11,13-15,17-18,22H,5,7,9-10,12H2,1-4H3/t13-,14-,15+,17?,18+/m0/s1. The number of fused-ring (bicyclic) bond motifs is 1. The molecule has 1 aromatic carbocycles. The first-order valence-corrected chi connectivity index (χ1v) is 10.7. The van der Waals surface area contributed by atoms with E-state index < -0.39 is 0 Å². The Morgan fingerprint density at radius 3 is 2.56 bits per heavy atom. The number of piperidine rings is 2. The minimum absolute atomic E-state index is 0.508. The average molecular weight is 358 g/mol. The Bertz CT molecular complexity index is 720. The van der Waals surface area contributed by atoms with Crippen molar-refractivity contribution in [2.45, 2.75) is 70.5 Å². The van der Waals surface area contributed by atoms with Gasteiger partial charge in [-0.1, -0.05) is 13.0 Å². The number of aromatic nitrogens is 1. The summed E-state index contributed by atoms with van der Waals surface area (Å²) in [5.41, 5.74) is 2.62. The molecule has 0 spiro atoms. The second-order valence-electron chi connectivity index (χ2n) is 8.45. The monoisotopic (exact) mass is 357 g/mol. The Labute approximate surface area is 155 Å². The normalized spacial score (nSPS) is 34.5. The maximum absolute atomic E-state index is 5.07. The van der Waals surface area contributed by atoms with Crippen LogP contribution in [0.3, 0.4) is 0 Å². The van der Waals surface area contributed by atoms with Gasteiger partial charge in [-0.05, 0) is 76.7 Å². The molecule has 0 saturated carbocycles. The summed E-state index contributed by atoms with van der Waals surface area (Å²) in [5, 5.41) is 5.06. The van der Waals surface area contributed by atoms with Crippen LogP contribution in [0.25, 0.3) is 10.2 Å². The first kappa shape index (κ1) is 17.4. The van der Waals surface area contributed by atoms with Crippen LogP contribution in [0, 0.1) is 5.92 Å². The van der Waals surface area contributed by atoms with Crippen LogP contribution in [0.15, 0.2) is 18.2 Å². The summed E-state index contributed by atoms with van der Waals surface area (Å²) in [6, 6.07) is 8.75. The molecule has 0 bridgehead atoms. The van der Waals surface area contributed by atoms with Crippen LogP contribution in [-0.2, 0) is 0 Å². The summed E-state index contributed by atoms with van der Waals surface area (Å²) in [7, 11) is 2.26. The molecule has 1 N–H and O–H groups in total. The van der Waals surface area contributed by atoms with Gasteiger partial charge < -0.3 is 10.2 Å². The van der Waals surface area contributed by atoms with Crippen molar-refractivity contribution < 1.29 is 0 Å². The van der Waals surface area contributed by atoms with Crippen LogP contribution in [0.5, 0.6) is 0 Å². The van der Waals surface area contributed by atoms with Gasteiger partial charge in [0.15, 0.2) is 0 Å². The molecule has 2 aliphatic heterocycles. The summed E-state index contributed by atoms with van der Waals surface area (Å²) in [6.45, 7) is 8.17. The Hall–Kier alpha value is -0.970. The molecule has 0 amide bonds. The maximum atomic E-state index is 5.07. The SMILES string of the molecule is C[C@H]1CC[C@H](c2ccc3sc(C4C[C@@H](C)N(C)[C@@H](C)C4)nc3c2)NC1. The molecular weight excluding hydrogens is 326 g/mol. The number of nitrogens with one attached hydrogen (secondary N) is 1. The lowest BCUT2D eigenvalue weighted by Crippen LogP contribution is -2.43. The van der Waals surface area contributed by atoms with Crippen molar-refractivity contribution in [3.63, 3.8) is 0 Å². The van der Waals surface area contributed by atoms with Gasteiger partial charge in [0, 0.05) is 24.0 Å². The Morgan fingerprint density at radius 1 is 1.12 bits per heavy atom. The van der Waals surface area contributed by atoms with Crippen molar-refractivity contribution in [1.82, 2.24) is 15.2 Å². The van der Waals surface area contributed by atoms with Gasteiger partial charge in [0.1, 0.15) is 0 Å². The van der Waals surface area contributed by atoms with Gasteiger partial charge in [-0.15, -0.1) is 11.3 Å². The number of hydrogen-bond donors (Lipinski definition) is 1. The first-order chi connectivity index (χ1) is 12.0. The van der Waals surface area contributed by atoms with Crippen LogP contribution in [0.4, 0.5) is 0 Å². The van der Waals surface area contributed by atoms with Gasteiger partial charge in [0.25, 0.3) is 0 Å². The molecule has 4 rings (SSSR count). The van der Waals surface area contributed by atoms with Crippen LogP contribution in [0.1, 0.15) is 69.0 Å². The van der Waals surface area contributed by atoms with Gasteiger partial charge in [0.2, 0.25) is 0 Å². The molecule has 2 aromatic rings. The minimum atomic E-state index is 0.508. The average Bonchev–Trinajstić information content (AvgIpc) is 3.03. The van der Waals surface area contributed by atoms with Crippen LogP contribution >= 0.6 is 11.3 Å². The fraction of sp³-hybridized carbons (Fsp3) is 0.667. The molecule has 4 heteroatoms. The highest BCUT2D eigenvalue weighted by molar-refractivity contribution is 7.18. The maximum Gasteiger partial charge on any atom is 0.0970 e. The molecule has 2 fully saturated rings. The van der Waals surface area contributed by atoms with Gasteiger partial charge in [-0.25, -0.2) is 4.98 Å². The second-order valence-corrected chi connectivity index (χ2v) is 9.52. The smallest absolute Gasteiger partial charge is 0.0970 e. The summed E-state index contributed by atoms with van der Waals surface area (Å²) in [5.74, 6) is 1.43.